The minimum atomic E-state index is -0.474. The third-order valence-corrected chi connectivity index (χ3v) is 4.50. The fourth-order valence-corrected chi connectivity index (χ4v) is 3.41. The molecule has 1 atom stereocenters. The van der Waals surface area contributed by atoms with E-state index in [2.05, 4.69) is 37.0 Å². The van der Waals surface area contributed by atoms with Crippen LogP contribution in [0.1, 0.15) is 38.2 Å². The Balaban J connectivity index is 1.67. The van der Waals surface area contributed by atoms with Gasteiger partial charge in [0.05, 0.1) is 0 Å². The van der Waals surface area contributed by atoms with Crippen molar-refractivity contribution in [2.24, 2.45) is 0 Å². The largest absolute Gasteiger partial charge is 0.444 e. The molecule has 2 aromatic heterocycles. The Labute approximate surface area is 144 Å². The summed E-state index contributed by atoms with van der Waals surface area (Å²) in [6, 6.07) is 2.03. The molecule has 1 aliphatic heterocycles. The third kappa shape index (κ3) is 3.90. The Morgan fingerprint density at radius 2 is 2.08 bits per heavy atom. The molecule has 2 aromatic rings. The molecular formula is C15H22N6O2S. The van der Waals surface area contributed by atoms with Gasteiger partial charge < -0.3 is 9.64 Å². The standard InChI is InChI=1S/C15H22N6O2S/c1-15(2,3)23-14(22)21-7-5-20(6-8-21)12(11-4-9-24-10-11)13-16-18-19-17-13/h4,9-10,12H,5-8H2,1-3H3,(H,16,17,18,19). The number of tetrazole rings is 1. The van der Waals surface area contributed by atoms with Crippen molar-refractivity contribution in [3.63, 3.8) is 0 Å². The molecule has 0 aliphatic carbocycles. The van der Waals surface area contributed by atoms with Crippen LogP contribution < -0.4 is 0 Å². The summed E-state index contributed by atoms with van der Waals surface area (Å²) >= 11 is 1.64. The lowest BCUT2D eigenvalue weighted by molar-refractivity contribution is 0.0116. The Morgan fingerprint density at radius 3 is 2.62 bits per heavy atom. The predicted molar refractivity (Wildman–Crippen MR) is 89.7 cm³/mol. The van der Waals surface area contributed by atoms with E-state index in [9.17, 15) is 4.79 Å². The molecule has 1 fully saturated rings. The fourth-order valence-electron chi connectivity index (χ4n) is 2.73. The summed E-state index contributed by atoms with van der Waals surface area (Å²) in [5, 5.41) is 18.7. The van der Waals surface area contributed by atoms with Crippen molar-refractivity contribution in [1.29, 1.82) is 0 Å². The Morgan fingerprint density at radius 1 is 1.33 bits per heavy atom. The van der Waals surface area contributed by atoms with Gasteiger partial charge in [-0.1, -0.05) is 5.21 Å². The van der Waals surface area contributed by atoms with Gasteiger partial charge in [0.15, 0.2) is 5.82 Å². The summed E-state index contributed by atoms with van der Waals surface area (Å²) in [7, 11) is 0. The maximum Gasteiger partial charge on any atom is 0.410 e. The number of thiophene rings is 1. The lowest BCUT2D eigenvalue weighted by atomic mass is 10.1. The lowest BCUT2D eigenvalue weighted by Crippen LogP contribution is -2.51. The minimum absolute atomic E-state index is 0.0456. The van der Waals surface area contributed by atoms with E-state index in [4.69, 9.17) is 4.74 Å². The highest BCUT2D eigenvalue weighted by Gasteiger charge is 2.32. The number of rotatable bonds is 3. The van der Waals surface area contributed by atoms with Crippen molar-refractivity contribution in [3.05, 3.63) is 28.2 Å². The van der Waals surface area contributed by atoms with Gasteiger partial charge in [0.25, 0.3) is 0 Å². The van der Waals surface area contributed by atoms with Crippen LogP contribution in [0, 0.1) is 0 Å². The zero-order valence-corrected chi connectivity index (χ0v) is 14.9. The van der Waals surface area contributed by atoms with Crippen LogP contribution in [0.3, 0.4) is 0 Å². The van der Waals surface area contributed by atoms with Crippen molar-refractivity contribution < 1.29 is 9.53 Å². The molecule has 3 rings (SSSR count). The third-order valence-electron chi connectivity index (χ3n) is 3.80. The number of H-pyrrole nitrogens is 1. The van der Waals surface area contributed by atoms with Crippen LogP contribution in [0.2, 0.25) is 0 Å². The van der Waals surface area contributed by atoms with Crippen LogP contribution >= 0.6 is 11.3 Å². The first kappa shape index (κ1) is 16.8. The number of nitrogens with zero attached hydrogens (tertiary/aromatic N) is 5. The number of hydrogen-bond acceptors (Lipinski definition) is 7. The van der Waals surface area contributed by atoms with Gasteiger partial charge in [-0.05, 0) is 43.2 Å². The van der Waals surface area contributed by atoms with E-state index in [0.29, 0.717) is 18.9 Å². The summed E-state index contributed by atoms with van der Waals surface area (Å²) in [5.74, 6) is 0.652. The van der Waals surface area contributed by atoms with E-state index in [-0.39, 0.29) is 12.1 Å². The topological polar surface area (TPSA) is 87.2 Å². The number of hydrogen-bond donors (Lipinski definition) is 1. The summed E-state index contributed by atoms with van der Waals surface area (Å²) in [6.45, 7) is 8.33. The maximum atomic E-state index is 12.2. The van der Waals surface area contributed by atoms with E-state index in [1.807, 2.05) is 26.2 Å². The van der Waals surface area contributed by atoms with Crippen LogP contribution in [-0.2, 0) is 4.74 Å². The number of carbonyl (C=O) groups is 1. The first-order valence-electron chi connectivity index (χ1n) is 7.91. The smallest absolute Gasteiger partial charge is 0.410 e. The van der Waals surface area contributed by atoms with Gasteiger partial charge in [-0.2, -0.15) is 16.6 Å². The highest BCUT2D eigenvalue weighted by molar-refractivity contribution is 7.08. The van der Waals surface area contributed by atoms with Crippen molar-refractivity contribution in [3.8, 4) is 0 Å². The molecular weight excluding hydrogens is 328 g/mol. The molecule has 0 saturated carbocycles. The summed E-state index contributed by atoms with van der Waals surface area (Å²) in [5.41, 5.74) is 0.671. The molecule has 0 bridgehead atoms. The summed E-state index contributed by atoms with van der Waals surface area (Å²) < 4.78 is 5.45. The predicted octanol–water partition coefficient (Wildman–Crippen LogP) is 1.90. The van der Waals surface area contributed by atoms with Gasteiger partial charge in [-0.15, -0.1) is 10.2 Å². The maximum absolute atomic E-state index is 12.2. The molecule has 130 valence electrons. The number of piperazine rings is 1. The van der Waals surface area contributed by atoms with Crippen molar-refractivity contribution >= 4 is 17.4 Å². The minimum Gasteiger partial charge on any atom is -0.444 e. The van der Waals surface area contributed by atoms with E-state index < -0.39 is 5.60 Å². The van der Waals surface area contributed by atoms with Gasteiger partial charge >= 0.3 is 6.09 Å². The van der Waals surface area contributed by atoms with Crippen LogP contribution in [0.15, 0.2) is 16.8 Å². The van der Waals surface area contributed by atoms with Crippen LogP contribution in [0.4, 0.5) is 4.79 Å². The number of amides is 1. The van der Waals surface area contributed by atoms with Gasteiger partial charge in [0.1, 0.15) is 11.6 Å². The van der Waals surface area contributed by atoms with E-state index in [0.717, 1.165) is 18.7 Å². The fraction of sp³-hybridized carbons (Fsp3) is 0.600. The monoisotopic (exact) mass is 350 g/mol. The number of nitrogens with one attached hydrogen (secondary N) is 1. The molecule has 24 heavy (non-hydrogen) atoms. The highest BCUT2D eigenvalue weighted by Crippen LogP contribution is 2.28. The van der Waals surface area contributed by atoms with Gasteiger partial charge in [0, 0.05) is 26.2 Å². The first-order valence-corrected chi connectivity index (χ1v) is 8.86. The number of ether oxygens (including phenoxy) is 1. The zero-order valence-electron chi connectivity index (χ0n) is 14.1. The first-order chi connectivity index (χ1) is 11.4. The summed E-state index contributed by atoms with van der Waals surface area (Å²) in [6.07, 6.45) is -0.256. The second kappa shape index (κ2) is 6.86. The van der Waals surface area contributed by atoms with Crippen molar-refractivity contribution in [2.45, 2.75) is 32.4 Å². The molecule has 1 amide bonds. The van der Waals surface area contributed by atoms with E-state index >= 15 is 0 Å². The lowest BCUT2D eigenvalue weighted by Gasteiger charge is -2.38. The Bertz CT molecular complexity index is 610. The average molecular weight is 350 g/mol. The molecule has 8 nitrogen and oxygen atoms in total. The van der Waals surface area contributed by atoms with Gasteiger partial charge in [0.2, 0.25) is 0 Å². The SMILES string of the molecule is CC(C)(C)OC(=O)N1CCN(C(c2ccsc2)c2nn[nH]n2)CC1. The molecule has 3 heterocycles. The Kier molecular flexibility index (Phi) is 4.81. The van der Waals surface area contributed by atoms with Crippen molar-refractivity contribution in [1.82, 2.24) is 30.4 Å². The molecule has 0 aromatic carbocycles. The zero-order chi connectivity index (χ0) is 17.2. The second-order valence-electron chi connectivity index (χ2n) is 6.73. The molecule has 0 spiro atoms. The quantitative estimate of drug-likeness (QED) is 0.910. The molecule has 1 unspecified atom stereocenters. The average Bonchev–Trinajstić information content (AvgIpc) is 3.20. The molecule has 1 saturated heterocycles. The van der Waals surface area contributed by atoms with E-state index in [1.54, 1.807) is 16.2 Å². The van der Waals surface area contributed by atoms with Crippen LogP contribution in [-0.4, -0.2) is 68.3 Å². The second-order valence-corrected chi connectivity index (χ2v) is 7.51. The number of carbonyl (C=O) groups excluding carboxylic acids is 1. The molecule has 0 radical (unpaired) electrons. The number of aromatic amines is 1. The Hall–Kier alpha value is -2.00. The number of aromatic nitrogens is 4. The molecule has 1 aliphatic rings. The highest BCUT2D eigenvalue weighted by atomic mass is 32.1. The van der Waals surface area contributed by atoms with Crippen LogP contribution in [0.25, 0.3) is 0 Å². The summed E-state index contributed by atoms with van der Waals surface area (Å²) in [4.78, 5) is 16.2. The van der Waals surface area contributed by atoms with Crippen LogP contribution in [0.5, 0.6) is 0 Å². The molecule has 1 N–H and O–H groups in total. The van der Waals surface area contributed by atoms with Gasteiger partial charge in [-0.25, -0.2) is 4.79 Å². The van der Waals surface area contributed by atoms with Crippen molar-refractivity contribution in [2.75, 3.05) is 26.2 Å². The normalized spacial score (nSPS) is 17.7. The molecule has 9 heteroatoms. The van der Waals surface area contributed by atoms with E-state index in [1.165, 1.54) is 0 Å². The van der Waals surface area contributed by atoms with Gasteiger partial charge in [-0.3, -0.25) is 4.90 Å².